The molecule has 29 heavy (non-hydrogen) atoms. The molecule has 0 unspecified atom stereocenters. The predicted molar refractivity (Wildman–Crippen MR) is 115 cm³/mol. The first-order valence-electron chi connectivity index (χ1n) is 9.91. The van der Waals surface area contributed by atoms with Crippen LogP contribution in [0.3, 0.4) is 0 Å². The Labute approximate surface area is 171 Å². The van der Waals surface area contributed by atoms with Crippen LogP contribution in [0.1, 0.15) is 45.4 Å². The average molecular weight is 393 g/mol. The van der Waals surface area contributed by atoms with E-state index in [4.69, 9.17) is 4.74 Å². The first-order valence-corrected chi connectivity index (χ1v) is 9.91. The van der Waals surface area contributed by atoms with Gasteiger partial charge in [0, 0.05) is 24.1 Å². The molecule has 0 fully saturated rings. The first-order chi connectivity index (χ1) is 13.9. The number of aromatic nitrogens is 3. The van der Waals surface area contributed by atoms with Gasteiger partial charge in [0.1, 0.15) is 11.6 Å². The highest BCUT2D eigenvalue weighted by molar-refractivity contribution is 5.90. The van der Waals surface area contributed by atoms with Crippen molar-refractivity contribution in [1.82, 2.24) is 14.8 Å². The predicted octanol–water partition coefficient (Wildman–Crippen LogP) is 4.53. The highest BCUT2D eigenvalue weighted by Gasteiger charge is 2.22. The molecule has 3 aromatic rings. The summed E-state index contributed by atoms with van der Waals surface area (Å²) in [5, 5.41) is 7.68. The van der Waals surface area contributed by atoms with E-state index in [0.717, 1.165) is 17.0 Å². The monoisotopic (exact) mass is 392 g/mol. The third-order valence-electron chi connectivity index (χ3n) is 4.51. The summed E-state index contributed by atoms with van der Waals surface area (Å²) >= 11 is 0. The quantitative estimate of drug-likeness (QED) is 0.641. The van der Waals surface area contributed by atoms with Gasteiger partial charge in [-0.2, -0.15) is 9.78 Å². The second kappa shape index (κ2) is 8.90. The number of hydrogen-bond donors (Lipinski definition) is 1. The lowest BCUT2D eigenvalue weighted by Crippen LogP contribution is -2.16. The molecule has 0 aliphatic carbocycles. The fourth-order valence-corrected chi connectivity index (χ4v) is 2.95. The molecular formula is C23H28N4O2. The van der Waals surface area contributed by atoms with Gasteiger partial charge in [-0.05, 0) is 37.1 Å². The summed E-state index contributed by atoms with van der Waals surface area (Å²) in [5.74, 6) is 2.04. The average Bonchev–Trinajstić information content (AvgIpc) is 3.12. The minimum Gasteiger partial charge on any atom is -0.494 e. The molecule has 1 N–H and O–H groups in total. The summed E-state index contributed by atoms with van der Waals surface area (Å²) in [6, 6.07) is 15.4. The number of nitrogens with zero attached hydrogens (tertiary/aromatic N) is 3. The number of benzene rings is 1. The number of carbonyl (C=O) groups excluding carboxylic acids is 1. The standard InChI is InChI=1S/C23H28N4O2/c1-5-29-18-11-7-6-10-17(18)13-14-22(28)25-21-16-19(23(2,3)4)26-27(21)20-12-8-9-15-24-20/h6-12,15-16H,5,13-14H2,1-4H3,(H,25,28). The van der Waals surface area contributed by atoms with Crippen LogP contribution in [-0.2, 0) is 16.6 Å². The number of anilines is 1. The van der Waals surface area contributed by atoms with Crippen LogP contribution in [0.5, 0.6) is 5.75 Å². The Balaban J connectivity index is 1.77. The van der Waals surface area contributed by atoms with Crippen LogP contribution in [0.2, 0.25) is 0 Å². The molecular weight excluding hydrogens is 364 g/mol. The molecule has 0 atom stereocenters. The van der Waals surface area contributed by atoms with Crippen LogP contribution in [0, 0.1) is 0 Å². The number of aryl methyl sites for hydroxylation is 1. The van der Waals surface area contributed by atoms with E-state index in [2.05, 4.69) is 36.2 Å². The van der Waals surface area contributed by atoms with E-state index >= 15 is 0 Å². The Kier molecular flexibility index (Phi) is 6.32. The number of carbonyl (C=O) groups is 1. The molecule has 3 rings (SSSR count). The Morgan fingerprint density at radius 3 is 2.59 bits per heavy atom. The molecule has 2 aromatic heterocycles. The normalized spacial score (nSPS) is 11.3. The molecule has 0 saturated carbocycles. The zero-order valence-corrected chi connectivity index (χ0v) is 17.5. The zero-order valence-electron chi connectivity index (χ0n) is 17.5. The van der Waals surface area contributed by atoms with E-state index in [-0.39, 0.29) is 11.3 Å². The molecule has 1 amide bonds. The van der Waals surface area contributed by atoms with E-state index in [9.17, 15) is 4.79 Å². The van der Waals surface area contributed by atoms with Crippen molar-refractivity contribution in [3.8, 4) is 11.6 Å². The van der Waals surface area contributed by atoms with Gasteiger partial charge >= 0.3 is 0 Å². The van der Waals surface area contributed by atoms with Crippen molar-refractivity contribution in [2.75, 3.05) is 11.9 Å². The Morgan fingerprint density at radius 2 is 1.90 bits per heavy atom. The molecule has 0 bridgehead atoms. The van der Waals surface area contributed by atoms with Crippen molar-refractivity contribution in [3.63, 3.8) is 0 Å². The molecule has 0 spiro atoms. The Bertz CT molecular complexity index is 959. The van der Waals surface area contributed by atoms with Crippen molar-refractivity contribution in [2.45, 2.75) is 46.0 Å². The number of amides is 1. The molecule has 0 saturated heterocycles. The van der Waals surface area contributed by atoms with Crippen molar-refractivity contribution in [1.29, 1.82) is 0 Å². The molecule has 152 valence electrons. The largest absolute Gasteiger partial charge is 0.494 e. The Hall–Kier alpha value is -3.15. The zero-order chi connectivity index (χ0) is 20.9. The second-order valence-corrected chi connectivity index (χ2v) is 7.85. The highest BCUT2D eigenvalue weighted by atomic mass is 16.5. The van der Waals surface area contributed by atoms with Crippen LogP contribution in [0.25, 0.3) is 5.82 Å². The summed E-state index contributed by atoms with van der Waals surface area (Å²) in [6.07, 6.45) is 2.66. The van der Waals surface area contributed by atoms with E-state index < -0.39 is 0 Å². The van der Waals surface area contributed by atoms with Crippen molar-refractivity contribution in [3.05, 3.63) is 66.0 Å². The molecule has 0 aliphatic rings. The number of nitrogens with one attached hydrogen (secondary N) is 1. The number of para-hydroxylation sites is 1. The van der Waals surface area contributed by atoms with Crippen LogP contribution in [-0.4, -0.2) is 27.3 Å². The Morgan fingerprint density at radius 1 is 1.14 bits per heavy atom. The fraction of sp³-hybridized carbons (Fsp3) is 0.348. The topological polar surface area (TPSA) is 69.0 Å². The summed E-state index contributed by atoms with van der Waals surface area (Å²) in [5.41, 5.74) is 1.77. The lowest BCUT2D eigenvalue weighted by molar-refractivity contribution is -0.116. The summed E-state index contributed by atoms with van der Waals surface area (Å²) in [6.45, 7) is 8.83. The van der Waals surface area contributed by atoms with Gasteiger partial charge in [0.05, 0.1) is 12.3 Å². The number of hydrogen-bond acceptors (Lipinski definition) is 4. The van der Waals surface area contributed by atoms with Crippen LogP contribution >= 0.6 is 0 Å². The van der Waals surface area contributed by atoms with Crippen LogP contribution < -0.4 is 10.1 Å². The fourth-order valence-electron chi connectivity index (χ4n) is 2.95. The molecule has 0 radical (unpaired) electrons. The van der Waals surface area contributed by atoms with E-state index in [1.807, 2.05) is 55.5 Å². The van der Waals surface area contributed by atoms with Crippen molar-refractivity contribution in [2.24, 2.45) is 0 Å². The minimum atomic E-state index is -0.143. The van der Waals surface area contributed by atoms with Gasteiger partial charge in [-0.3, -0.25) is 4.79 Å². The number of rotatable bonds is 7. The summed E-state index contributed by atoms with van der Waals surface area (Å²) < 4.78 is 7.34. The first kappa shape index (κ1) is 20.6. The molecule has 1 aromatic carbocycles. The van der Waals surface area contributed by atoms with Gasteiger partial charge in [-0.1, -0.05) is 45.0 Å². The SMILES string of the molecule is CCOc1ccccc1CCC(=O)Nc1cc(C(C)(C)C)nn1-c1ccccn1. The minimum absolute atomic E-state index is 0.0751. The van der Waals surface area contributed by atoms with Crippen molar-refractivity contribution < 1.29 is 9.53 Å². The summed E-state index contributed by atoms with van der Waals surface area (Å²) in [7, 11) is 0. The second-order valence-electron chi connectivity index (χ2n) is 7.85. The van der Waals surface area contributed by atoms with Gasteiger partial charge < -0.3 is 10.1 Å². The van der Waals surface area contributed by atoms with Gasteiger partial charge in [-0.25, -0.2) is 4.98 Å². The maximum atomic E-state index is 12.7. The van der Waals surface area contributed by atoms with Gasteiger partial charge in [0.2, 0.25) is 5.91 Å². The lowest BCUT2D eigenvalue weighted by atomic mass is 9.92. The highest BCUT2D eigenvalue weighted by Crippen LogP contribution is 2.26. The van der Waals surface area contributed by atoms with E-state index in [1.165, 1.54) is 0 Å². The van der Waals surface area contributed by atoms with Gasteiger partial charge in [0.15, 0.2) is 5.82 Å². The number of ether oxygens (including phenoxy) is 1. The molecule has 6 nitrogen and oxygen atoms in total. The third kappa shape index (κ3) is 5.22. The maximum Gasteiger partial charge on any atom is 0.225 e. The third-order valence-corrected chi connectivity index (χ3v) is 4.51. The number of pyridine rings is 1. The maximum absolute atomic E-state index is 12.7. The van der Waals surface area contributed by atoms with E-state index in [0.29, 0.717) is 31.1 Å². The molecule has 6 heteroatoms. The van der Waals surface area contributed by atoms with Crippen LogP contribution in [0.15, 0.2) is 54.7 Å². The van der Waals surface area contributed by atoms with Crippen LogP contribution in [0.4, 0.5) is 5.82 Å². The summed E-state index contributed by atoms with van der Waals surface area (Å²) in [4.78, 5) is 17.1. The van der Waals surface area contributed by atoms with Crippen molar-refractivity contribution >= 4 is 11.7 Å². The lowest BCUT2D eigenvalue weighted by Gasteiger charge is -2.13. The van der Waals surface area contributed by atoms with Gasteiger partial charge in [-0.15, -0.1) is 0 Å². The van der Waals surface area contributed by atoms with E-state index in [1.54, 1.807) is 10.9 Å². The smallest absolute Gasteiger partial charge is 0.225 e. The molecule has 0 aliphatic heterocycles. The molecule has 2 heterocycles. The van der Waals surface area contributed by atoms with Gasteiger partial charge in [0.25, 0.3) is 0 Å².